The molecule has 7 nitrogen and oxygen atoms in total. The predicted molar refractivity (Wildman–Crippen MR) is 113 cm³/mol. The molecule has 0 saturated carbocycles. The lowest BCUT2D eigenvalue weighted by molar-refractivity contribution is -0.929. The molecule has 0 aliphatic heterocycles. The molecule has 0 aliphatic rings. The molecule has 0 aromatic heterocycles. The highest BCUT2D eigenvalue weighted by Gasteiger charge is 2.44. The minimum atomic E-state index is -6.09. The Hall–Kier alpha value is -0.640. The lowest BCUT2D eigenvalue weighted by Gasteiger charge is -2.39. The number of hydrogen-bond acceptors (Lipinski definition) is 5. The number of halogens is 6. The van der Waals surface area contributed by atoms with Gasteiger partial charge in [0.15, 0.2) is 10.1 Å². The molecule has 0 fully saturated rings. The standard InChI is InChI=1S/C16H36N.2CHF3O3S/c1-5-9-13-17(14-10-6-2,15-11-7-3)16-12-8-4;2*2-1(3,4)8(5,6)7/h5-16H2,1-4H3;2*(H,5,6,7)/q+1;;/p-1. The minimum Gasteiger partial charge on any atom is -0.741 e. The summed E-state index contributed by atoms with van der Waals surface area (Å²) in [6.45, 7) is 15.0. The monoisotopic (exact) mass is 541 g/mol. The fourth-order valence-electron chi connectivity index (χ4n) is 2.64. The molecule has 0 bridgehead atoms. The average molecular weight is 542 g/mol. The molecule has 0 spiro atoms. The Morgan fingerprint density at radius 1 is 0.636 bits per heavy atom. The van der Waals surface area contributed by atoms with Gasteiger partial charge >= 0.3 is 21.1 Å². The van der Waals surface area contributed by atoms with Crippen LogP contribution in [0, 0.1) is 0 Å². The van der Waals surface area contributed by atoms with Gasteiger partial charge < -0.3 is 9.04 Å². The van der Waals surface area contributed by atoms with Crippen molar-refractivity contribution < 1.29 is 56.8 Å². The van der Waals surface area contributed by atoms with E-state index in [2.05, 4.69) is 27.7 Å². The number of hydrogen-bond donors (Lipinski definition) is 1. The van der Waals surface area contributed by atoms with Crippen LogP contribution >= 0.6 is 0 Å². The fraction of sp³-hybridized carbons (Fsp3) is 1.00. The maximum atomic E-state index is 10.7. The van der Waals surface area contributed by atoms with Gasteiger partial charge in [-0.15, -0.1) is 0 Å². The van der Waals surface area contributed by atoms with E-state index in [4.69, 9.17) is 25.9 Å². The number of nitrogens with zero attached hydrogens (tertiary/aromatic N) is 1. The molecule has 204 valence electrons. The third kappa shape index (κ3) is 19.4. The Morgan fingerprint density at radius 2 is 0.818 bits per heavy atom. The minimum absolute atomic E-state index is 1.35. The topological polar surface area (TPSA) is 112 Å². The first-order chi connectivity index (χ1) is 14.7. The highest BCUT2D eigenvalue weighted by atomic mass is 32.2. The van der Waals surface area contributed by atoms with E-state index in [1.165, 1.54) is 82.0 Å². The van der Waals surface area contributed by atoms with Gasteiger partial charge in [0.05, 0.1) is 26.2 Å². The van der Waals surface area contributed by atoms with E-state index in [9.17, 15) is 26.3 Å². The van der Waals surface area contributed by atoms with Crippen LogP contribution in [0.2, 0.25) is 0 Å². The molecule has 33 heavy (non-hydrogen) atoms. The van der Waals surface area contributed by atoms with E-state index < -0.39 is 31.3 Å². The summed E-state index contributed by atoms with van der Waals surface area (Å²) in [5.41, 5.74) is -11.2. The molecule has 0 atom stereocenters. The molecule has 0 aromatic carbocycles. The van der Waals surface area contributed by atoms with Gasteiger partial charge in [-0.2, -0.15) is 34.8 Å². The van der Waals surface area contributed by atoms with Crippen molar-refractivity contribution in [3.05, 3.63) is 0 Å². The normalized spacial score (nSPS) is 13.0. The Kier molecular flexibility index (Phi) is 18.9. The van der Waals surface area contributed by atoms with Gasteiger partial charge in [-0.1, -0.05) is 53.4 Å². The first kappa shape index (κ1) is 36.9. The van der Waals surface area contributed by atoms with E-state index in [0.29, 0.717) is 0 Å². The van der Waals surface area contributed by atoms with Crippen LogP contribution in [-0.2, 0) is 20.2 Å². The highest BCUT2D eigenvalue weighted by molar-refractivity contribution is 7.86. The number of rotatable bonds is 12. The van der Waals surface area contributed by atoms with Crippen molar-refractivity contribution >= 4 is 20.2 Å². The summed E-state index contributed by atoms with van der Waals surface area (Å²) >= 11 is 0. The molecule has 0 unspecified atom stereocenters. The van der Waals surface area contributed by atoms with E-state index in [1.807, 2.05) is 0 Å². The SMILES string of the molecule is CCCC[N+](CCCC)(CCCC)CCCC.O=S(=O)(O)C(F)(F)F.O=S(=O)([O-])C(F)(F)F. The number of quaternary nitrogens is 1. The second-order valence-corrected chi connectivity index (χ2v) is 10.3. The van der Waals surface area contributed by atoms with Gasteiger partial charge in [-0.05, 0) is 25.7 Å². The van der Waals surface area contributed by atoms with Crippen LogP contribution in [0.5, 0.6) is 0 Å². The summed E-state index contributed by atoms with van der Waals surface area (Å²) in [5, 5.41) is 0. The third-order valence-electron chi connectivity index (χ3n) is 4.52. The summed E-state index contributed by atoms with van der Waals surface area (Å²) in [5.74, 6) is 0. The maximum Gasteiger partial charge on any atom is 0.522 e. The van der Waals surface area contributed by atoms with Gasteiger partial charge in [0.1, 0.15) is 0 Å². The molecular weight excluding hydrogens is 504 g/mol. The van der Waals surface area contributed by atoms with Crippen LogP contribution in [0.1, 0.15) is 79.1 Å². The van der Waals surface area contributed by atoms with Crippen molar-refractivity contribution in [3.63, 3.8) is 0 Å². The Balaban J connectivity index is -0.000000468. The van der Waals surface area contributed by atoms with Crippen molar-refractivity contribution in [1.82, 2.24) is 0 Å². The van der Waals surface area contributed by atoms with E-state index in [-0.39, 0.29) is 0 Å². The van der Waals surface area contributed by atoms with Crippen molar-refractivity contribution in [2.24, 2.45) is 0 Å². The lowest BCUT2D eigenvalue weighted by atomic mass is 10.1. The van der Waals surface area contributed by atoms with Crippen LogP contribution in [0.25, 0.3) is 0 Å². The third-order valence-corrected chi connectivity index (χ3v) is 5.67. The average Bonchev–Trinajstić information content (AvgIpc) is 2.65. The van der Waals surface area contributed by atoms with Crippen molar-refractivity contribution in [2.75, 3.05) is 26.2 Å². The maximum absolute atomic E-state index is 10.7. The molecule has 0 saturated heterocycles. The molecule has 0 heterocycles. The zero-order valence-electron chi connectivity index (χ0n) is 19.5. The summed E-state index contributed by atoms with van der Waals surface area (Å²) in [6, 6.07) is 0. The lowest BCUT2D eigenvalue weighted by Crippen LogP contribution is -2.50. The Labute approximate surface area is 193 Å². The second-order valence-electron chi connectivity index (χ2n) is 7.47. The van der Waals surface area contributed by atoms with Crippen molar-refractivity contribution in [1.29, 1.82) is 0 Å². The molecule has 0 radical (unpaired) electrons. The predicted octanol–water partition coefficient (Wildman–Crippen LogP) is 5.45. The summed E-state index contributed by atoms with van der Waals surface area (Å²) in [6.07, 6.45) is 11.1. The van der Waals surface area contributed by atoms with E-state index in [0.717, 1.165) is 0 Å². The zero-order chi connectivity index (χ0) is 27.0. The largest absolute Gasteiger partial charge is 0.741 e. The summed E-state index contributed by atoms with van der Waals surface area (Å²) < 4.78 is 118. The van der Waals surface area contributed by atoms with Gasteiger partial charge in [0.2, 0.25) is 0 Å². The highest BCUT2D eigenvalue weighted by Crippen LogP contribution is 2.21. The molecule has 0 aromatic rings. The van der Waals surface area contributed by atoms with Gasteiger partial charge in [0, 0.05) is 0 Å². The second kappa shape index (κ2) is 16.9. The Morgan fingerprint density at radius 3 is 0.909 bits per heavy atom. The van der Waals surface area contributed by atoms with Crippen LogP contribution in [-0.4, -0.2) is 67.6 Å². The summed E-state index contributed by atoms with van der Waals surface area (Å²) in [7, 11) is -11.9. The van der Waals surface area contributed by atoms with Gasteiger partial charge in [-0.25, -0.2) is 8.42 Å². The van der Waals surface area contributed by atoms with Crippen molar-refractivity contribution in [2.45, 2.75) is 90.1 Å². The molecular formula is C18H37F6NO6S2. The van der Waals surface area contributed by atoms with Crippen molar-refractivity contribution in [3.8, 4) is 0 Å². The number of alkyl halides is 6. The van der Waals surface area contributed by atoms with Crippen LogP contribution in [0.3, 0.4) is 0 Å². The molecule has 0 amide bonds. The molecule has 1 N–H and O–H groups in total. The van der Waals surface area contributed by atoms with Gasteiger partial charge in [-0.3, -0.25) is 4.55 Å². The van der Waals surface area contributed by atoms with E-state index in [1.54, 1.807) is 0 Å². The zero-order valence-corrected chi connectivity index (χ0v) is 21.1. The van der Waals surface area contributed by atoms with Crippen LogP contribution in [0.15, 0.2) is 0 Å². The van der Waals surface area contributed by atoms with Crippen LogP contribution < -0.4 is 0 Å². The van der Waals surface area contributed by atoms with Gasteiger partial charge in [0.25, 0.3) is 0 Å². The fourth-order valence-corrected chi connectivity index (χ4v) is 2.64. The Bertz CT molecular complexity index is 615. The van der Waals surface area contributed by atoms with Crippen LogP contribution in [0.4, 0.5) is 26.3 Å². The summed E-state index contributed by atoms with van der Waals surface area (Å²) in [4.78, 5) is 0. The molecule has 15 heteroatoms. The first-order valence-corrected chi connectivity index (χ1v) is 13.5. The van der Waals surface area contributed by atoms with E-state index >= 15 is 0 Å². The first-order valence-electron chi connectivity index (χ1n) is 10.7. The quantitative estimate of drug-likeness (QED) is 0.152. The number of unbranched alkanes of at least 4 members (excludes halogenated alkanes) is 4. The molecule has 0 rings (SSSR count). The smallest absolute Gasteiger partial charge is 0.522 e. The molecule has 0 aliphatic carbocycles.